The monoisotopic (exact) mass is 1460 g/mol. The van der Waals surface area contributed by atoms with Crippen molar-refractivity contribution in [2.24, 2.45) is 0 Å². The van der Waals surface area contributed by atoms with Crippen LogP contribution >= 0.6 is 22.7 Å². The van der Waals surface area contributed by atoms with Gasteiger partial charge in [0.15, 0.2) is 34.9 Å². The molecule has 6 heterocycles. The molecule has 0 radical (unpaired) electrons. The first kappa shape index (κ1) is 64.7. The third kappa shape index (κ3) is 11.0. The van der Waals surface area contributed by atoms with Crippen LogP contribution in [0.3, 0.4) is 0 Å². The zero-order valence-corrected chi connectivity index (χ0v) is 61.8. The Labute approximate surface area is 652 Å². The predicted octanol–water partition coefficient (Wildman–Crippen LogP) is 27.3. The fourth-order valence-corrected chi connectivity index (χ4v) is 19.1. The molecule has 0 N–H and O–H groups in total. The van der Waals surface area contributed by atoms with Gasteiger partial charge in [0.1, 0.15) is 0 Å². The lowest BCUT2D eigenvalue weighted by molar-refractivity contribution is 1.07. The van der Waals surface area contributed by atoms with E-state index in [0.717, 1.165) is 122 Å². The average molecular weight is 1460 g/mol. The number of aromatic nitrogens is 8. The Kier molecular flexibility index (Phi) is 15.5. The summed E-state index contributed by atoms with van der Waals surface area (Å²) < 4.78 is 10.0. The summed E-state index contributed by atoms with van der Waals surface area (Å²) in [6.07, 6.45) is 0. The molecule has 0 saturated carbocycles. The van der Waals surface area contributed by atoms with Crippen molar-refractivity contribution < 1.29 is 0 Å². The van der Waals surface area contributed by atoms with Crippen LogP contribution in [0, 0.1) is 0 Å². The summed E-state index contributed by atoms with van der Waals surface area (Å²) in [5.41, 5.74) is 22.7. The Balaban J connectivity index is 0.726. The van der Waals surface area contributed by atoms with E-state index in [9.17, 15) is 0 Å². The van der Waals surface area contributed by atoms with Crippen molar-refractivity contribution >= 4 is 107 Å². The van der Waals surface area contributed by atoms with Crippen LogP contribution in [-0.4, -0.2) is 39.0 Å². The zero-order valence-electron chi connectivity index (χ0n) is 60.2. The predicted molar refractivity (Wildman–Crippen MR) is 467 cm³/mol. The van der Waals surface area contributed by atoms with Gasteiger partial charge >= 0.3 is 0 Å². The van der Waals surface area contributed by atoms with Crippen LogP contribution in [0.2, 0.25) is 0 Å². The minimum atomic E-state index is 0.559. The second kappa shape index (κ2) is 26.8. The lowest BCUT2D eigenvalue weighted by Crippen LogP contribution is -2.02. The van der Waals surface area contributed by atoms with Crippen LogP contribution in [-0.2, 0) is 0 Å². The van der Waals surface area contributed by atoms with Gasteiger partial charge < -0.3 is 9.13 Å². The number of hydrogen-bond donors (Lipinski definition) is 0. The summed E-state index contributed by atoms with van der Waals surface area (Å²) in [5, 5.41) is 9.65. The SMILES string of the molecule is c1ccc(-c2nc(-c3ccccc3)nc(-c3ccc(-n4c5cc(-c6cccc7c6sc6ccccc67)ccc5c5c(-c6cccc(-c7nc(-c8ccccc8)nc(-c8ccc(-c9ccccc9)c(-n9c%10ccccc%10c%10ccc(-c%11cccc%12c%11sc%11ccccc%11%12)cc%109)c8)n7)c6)cccc54)c(-c4ccccc4)c3)n2)cc1. The molecular weight excluding hydrogens is 1400 g/mol. The second-order valence-corrected chi connectivity index (χ2v) is 30.5. The van der Waals surface area contributed by atoms with E-state index in [4.69, 9.17) is 29.9 Å². The quantitative estimate of drug-likeness (QED) is 0.114. The fourth-order valence-electron chi connectivity index (χ4n) is 16.6. The van der Waals surface area contributed by atoms with Crippen molar-refractivity contribution in [1.29, 1.82) is 0 Å². The van der Waals surface area contributed by atoms with Crippen molar-refractivity contribution in [3.63, 3.8) is 0 Å². The van der Waals surface area contributed by atoms with Crippen molar-refractivity contribution in [3.8, 4) is 135 Å². The van der Waals surface area contributed by atoms with E-state index in [-0.39, 0.29) is 0 Å². The molecule has 0 amide bonds. The van der Waals surface area contributed by atoms with Gasteiger partial charge in [-0.05, 0) is 111 Å². The highest BCUT2D eigenvalue weighted by Gasteiger charge is 2.26. The molecule has 22 aromatic rings. The molecule has 16 aromatic carbocycles. The third-order valence-electron chi connectivity index (χ3n) is 21.9. The maximum atomic E-state index is 5.58. The first-order chi connectivity index (χ1) is 55.5. The van der Waals surface area contributed by atoms with E-state index < -0.39 is 0 Å². The molecule has 522 valence electrons. The molecule has 0 aliphatic carbocycles. The second-order valence-electron chi connectivity index (χ2n) is 28.4. The fraction of sp³-hybridized carbons (Fsp3) is 0. The molecule has 0 bridgehead atoms. The highest BCUT2D eigenvalue weighted by Crippen LogP contribution is 2.48. The van der Waals surface area contributed by atoms with E-state index in [0.29, 0.717) is 34.9 Å². The third-order valence-corrected chi connectivity index (χ3v) is 24.3. The molecular formula is C102H62N8S2. The molecule has 0 aliphatic heterocycles. The Morgan fingerprint density at radius 3 is 1.10 bits per heavy atom. The molecule has 0 unspecified atom stereocenters. The van der Waals surface area contributed by atoms with Gasteiger partial charge in [-0.2, -0.15) is 0 Å². The summed E-state index contributed by atoms with van der Waals surface area (Å²) in [6, 6.07) is 135. The molecule has 112 heavy (non-hydrogen) atoms. The number of para-hydroxylation sites is 1. The van der Waals surface area contributed by atoms with Gasteiger partial charge in [-0.3, -0.25) is 0 Å². The molecule has 0 spiro atoms. The van der Waals surface area contributed by atoms with Crippen LogP contribution in [0.15, 0.2) is 376 Å². The molecule has 0 saturated heterocycles. The van der Waals surface area contributed by atoms with Gasteiger partial charge in [0.05, 0.1) is 33.4 Å². The maximum Gasteiger partial charge on any atom is 0.164 e. The Bertz CT molecular complexity index is 7440. The normalized spacial score (nSPS) is 11.8. The van der Waals surface area contributed by atoms with Crippen molar-refractivity contribution in [1.82, 2.24) is 39.0 Å². The molecule has 0 aliphatic rings. The van der Waals surface area contributed by atoms with Gasteiger partial charge in [-0.1, -0.05) is 309 Å². The Hall–Kier alpha value is -14.4. The standard InChI is InChI=1S/C102H62N8S2/c1-6-26-63(27-7-1)74-54-52-73(62-89(74)110-86-46-19-16-38-78(86)79-55-50-69(60-90(79)110)76-42-23-44-82-80-39-17-20-48-92(80)111-95(76)82)102-107-99(67-34-14-5-15-35-67)104-100(108-102)71-37-22-36-68(58-71)75-41-25-47-88-94(75)84-56-51-70(77-43-24-45-83-81-40-18-21-49-93(81)112-96(77)83)61-91(84)109(88)87-57-53-72(59-85(87)64-28-8-2-9-29-64)101-105-97(65-30-10-3-11-31-65)103-98(106-101)66-32-12-4-13-33-66/h1-62H. The molecule has 0 fully saturated rings. The van der Waals surface area contributed by atoms with E-state index in [1.54, 1.807) is 0 Å². The summed E-state index contributed by atoms with van der Waals surface area (Å²) in [5.74, 6) is 3.49. The van der Waals surface area contributed by atoms with Gasteiger partial charge in [0.2, 0.25) is 0 Å². The van der Waals surface area contributed by atoms with Crippen molar-refractivity contribution in [3.05, 3.63) is 376 Å². The lowest BCUT2D eigenvalue weighted by Gasteiger charge is -2.17. The number of benzene rings is 16. The van der Waals surface area contributed by atoms with Gasteiger partial charge in [0, 0.05) is 106 Å². The Morgan fingerprint density at radius 2 is 0.536 bits per heavy atom. The van der Waals surface area contributed by atoms with Crippen LogP contribution in [0.1, 0.15) is 0 Å². The topological polar surface area (TPSA) is 87.2 Å². The van der Waals surface area contributed by atoms with E-state index in [1.807, 2.05) is 77.3 Å². The molecule has 0 atom stereocenters. The summed E-state index contributed by atoms with van der Waals surface area (Å²) in [4.78, 5) is 32.0. The van der Waals surface area contributed by atoms with E-state index in [1.165, 1.54) is 62.2 Å². The summed E-state index contributed by atoms with van der Waals surface area (Å²) >= 11 is 3.71. The molecule has 8 nitrogen and oxygen atoms in total. The van der Waals surface area contributed by atoms with Crippen LogP contribution < -0.4 is 0 Å². The van der Waals surface area contributed by atoms with Crippen LogP contribution in [0.4, 0.5) is 0 Å². The van der Waals surface area contributed by atoms with Gasteiger partial charge in [-0.25, -0.2) is 29.9 Å². The number of hydrogen-bond acceptors (Lipinski definition) is 8. The lowest BCUT2D eigenvalue weighted by atomic mass is 9.96. The van der Waals surface area contributed by atoms with Crippen LogP contribution in [0.25, 0.3) is 219 Å². The molecule has 10 heteroatoms. The average Bonchev–Trinajstić information content (AvgIpc) is 1.58. The number of thiophene rings is 2. The number of nitrogens with zero attached hydrogens (tertiary/aromatic N) is 8. The minimum absolute atomic E-state index is 0.559. The first-order valence-electron chi connectivity index (χ1n) is 37.6. The highest BCUT2D eigenvalue weighted by atomic mass is 32.1. The van der Waals surface area contributed by atoms with E-state index >= 15 is 0 Å². The number of rotatable bonds is 13. The zero-order chi connectivity index (χ0) is 73.7. The smallest absolute Gasteiger partial charge is 0.164 e. The maximum absolute atomic E-state index is 5.58. The van der Waals surface area contributed by atoms with Crippen molar-refractivity contribution in [2.45, 2.75) is 0 Å². The van der Waals surface area contributed by atoms with Crippen LogP contribution in [0.5, 0.6) is 0 Å². The first-order valence-corrected chi connectivity index (χ1v) is 39.3. The Morgan fingerprint density at radius 1 is 0.179 bits per heavy atom. The largest absolute Gasteiger partial charge is 0.309 e. The summed E-state index contributed by atoms with van der Waals surface area (Å²) in [7, 11) is 0. The molecule has 6 aromatic heterocycles. The highest BCUT2D eigenvalue weighted by molar-refractivity contribution is 7.26. The van der Waals surface area contributed by atoms with E-state index in [2.05, 4.69) is 331 Å². The van der Waals surface area contributed by atoms with Crippen molar-refractivity contribution in [2.75, 3.05) is 0 Å². The van der Waals surface area contributed by atoms with Gasteiger partial charge in [-0.15, -0.1) is 22.7 Å². The summed E-state index contributed by atoms with van der Waals surface area (Å²) in [6.45, 7) is 0. The molecule has 22 rings (SSSR count). The minimum Gasteiger partial charge on any atom is -0.309 e. The number of fused-ring (bicyclic) bond motifs is 12. The van der Waals surface area contributed by atoms with Gasteiger partial charge in [0.25, 0.3) is 0 Å².